The second kappa shape index (κ2) is 5.53. The van der Waals surface area contributed by atoms with Gasteiger partial charge in [0.1, 0.15) is 29.8 Å². The van der Waals surface area contributed by atoms with Crippen molar-refractivity contribution in [2.24, 2.45) is 0 Å². The summed E-state index contributed by atoms with van der Waals surface area (Å²) in [5, 5.41) is 13.2. The molecule has 0 unspecified atom stereocenters. The summed E-state index contributed by atoms with van der Waals surface area (Å²) in [4.78, 5) is 0. The lowest BCUT2D eigenvalue weighted by atomic mass is 10.2. The summed E-state index contributed by atoms with van der Waals surface area (Å²) in [5.74, 6) is -0.339. The normalized spacial score (nSPS) is 10.5. The molecule has 4 nitrogen and oxygen atoms in total. The van der Waals surface area contributed by atoms with Crippen LogP contribution in [0.15, 0.2) is 30.5 Å². The van der Waals surface area contributed by atoms with Gasteiger partial charge in [0, 0.05) is 12.2 Å². The Morgan fingerprint density at radius 1 is 1.42 bits per heavy atom. The molecular formula is C14H14FN3O. The molecule has 1 aromatic carbocycles. The molecule has 1 heterocycles. The zero-order valence-electron chi connectivity index (χ0n) is 10.8. The van der Waals surface area contributed by atoms with Crippen molar-refractivity contribution in [2.45, 2.75) is 26.5 Å². The highest BCUT2D eigenvalue weighted by Gasteiger charge is 2.10. The van der Waals surface area contributed by atoms with Crippen molar-refractivity contribution in [3.63, 3.8) is 0 Å². The summed E-state index contributed by atoms with van der Waals surface area (Å²) in [6.07, 6.45) is 1.86. The summed E-state index contributed by atoms with van der Waals surface area (Å²) in [7, 11) is 0. The lowest BCUT2D eigenvalue weighted by Gasteiger charge is -2.07. The second-order valence-electron chi connectivity index (χ2n) is 4.39. The third kappa shape index (κ3) is 2.91. The topological polar surface area (TPSA) is 50.8 Å². The van der Waals surface area contributed by atoms with E-state index in [0.29, 0.717) is 0 Å². The molecule has 5 heteroatoms. The molecule has 0 fully saturated rings. The van der Waals surface area contributed by atoms with Crippen LogP contribution in [0.3, 0.4) is 0 Å². The summed E-state index contributed by atoms with van der Waals surface area (Å²) >= 11 is 0. The van der Waals surface area contributed by atoms with Crippen molar-refractivity contribution in [3.8, 4) is 11.8 Å². The van der Waals surface area contributed by atoms with E-state index in [2.05, 4.69) is 5.10 Å². The van der Waals surface area contributed by atoms with E-state index in [1.807, 2.05) is 30.8 Å². The van der Waals surface area contributed by atoms with Gasteiger partial charge in [-0.25, -0.2) is 4.39 Å². The molecule has 0 N–H and O–H groups in total. The number of aromatic nitrogens is 2. The Bertz CT molecular complexity index is 613. The fourth-order valence-electron chi connectivity index (χ4n) is 1.63. The summed E-state index contributed by atoms with van der Waals surface area (Å²) < 4.78 is 20.6. The van der Waals surface area contributed by atoms with E-state index in [0.717, 1.165) is 5.69 Å². The van der Waals surface area contributed by atoms with E-state index < -0.39 is 5.82 Å². The van der Waals surface area contributed by atoms with Crippen molar-refractivity contribution >= 4 is 0 Å². The first-order valence-corrected chi connectivity index (χ1v) is 5.97. The Balaban J connectivity index is 2.10. The predicted molar refractivity (Wildman–Crippen MR) is 68.1 cm³/mol. The Labute approximate surface area is 111 Å². The zero-order valence-corrected chi connectivity index (χ0v) is 10.8. The molecule has 0 bridgehead atoms. The molecule has 0 atom stereocenters. The Kier molecular flexibility index (Phi) is 3.81. The van der Waals surface area contributed by atoms with Crippen LogP contribution < -0.4 is 4.74 Å². The standard InChI is InChI=1S/C14H14FN3O/c1-10(2)18-7-6-11(17-18)9-19-14-5-3-4-13(15)12(14)8-16/h3-7,10H,9H2,1-2H3. The number of rotatable bonds is 4. The SMILES string of the molecule is CC(C)n1ccc(COc2cccc(F)c2C#N)n1. The summed E-state index contributed by atoms with van der Waals surface area (Å²) in [6, 6.07) is 8.23. The van der Waals surface area contributed by atoms with Crippen molar-refractivity contribution in [1.29, 1.82) is 5.26 Å². The molecule has 1 aromatic heterocycles. The van der Waals surface area contributed by atoms with Crippen LogP contribution >= 0.6 is 0 Å². The largest absolute Gasteiger partial charge is 0.486 e. The first-order chi connectivity index (χ1) is 9.11. The molecule has 0 aliphatic carbocycles. The monoisotopic (exact) mass is 259 g/mol. The minimum Gasteiger partial charge on any atom is -0.486 e. The van der Waals surface area contributed by atoms with Gasteiger partial charge in [0.25, 0.3) is 0 Å². The maximum absolute atomic E-state index is 13.4. The quantitative estimate of drug-likeness (QED) is 0.847. The van der Waals surface area contributed by atoms with Gasteiger partial charge in [-0.2, -0.15) is 10.4 Å². The molecule has 0 aliphatic rings. The van der Waals surface area contributed by atoms with Crippen molar-refractivity contribution in [2.75, 3.05) is 0 Å². The van der Waals surface area contributed by atoms with Gasteiger partial charge in [-0.05, 0) is 32.0 Å². The average molecular weight is 259 g/mol. The van der Waals surface area contributed by atoms with Crippen LogP contribution in [0.5, 0.6) is 5.75 Å². The molecule has 0 radical (unpaired) electrons. The van der Waals surface area contributed by atoms with Crippen LogP contribution in [0.2, 0.25) is 0 Å². The van der Waals surface area contributed by atoms with Crippen LogP contribution in [0, 0.1) is 17.1 Å². The highest BCUT2D eigenvalue weighted by molar-refractivity contribution is 5.43. The van der Waals surface area contributed by atoms with E-state index in [1.54, 1.807) is 12.1 Å². The van der Waals surface area contributed by atoms with E-state index in [-0.39, 0.29) is 24.0 Å². The Hall–Kier alpha value is -2.35. The fraction of sp³-hybridized carbons (Fsp3) is 0.286. The van der Waals surface area contributed by atoms with Gasteiger partial charge < -0.3 is 4.74 Å². The van der Waals surface area contributed by atoms with E-state index in [4.69, 9.17) is 10.00 Å². The summed E-state index contributed by atoms with van der Waals surface area (Å²) in [6.45, 7) is 4.26. The van der Waals surface area contributed by atoms with Crippen molar-refractivity contribution < 1.29 is 9.13 Å². The van der Waals surface area contributed by atoms with Gasteiger partial charge in [0.05, 0.1) is 5.69 Å². The molecule has 2 rings (SSSR count). The number of nitriles is 1. The maximum Gasteiger partial charge on any atom is 0.144 e. The third-order valence-electron chi connectivity index (χ3n) is 2.66. The first-order valence-electron chi connectivity index (χ1n) is 5.97. The molecule has 98 valence electrons. The average Bonchev–Trinajstić information content (AvgIpc) is 2.85. The van der Waals surface area contributed by atoms with E-state index in [9.17, 15) is 4.39 Å². The lowest BCUT2D eigenvalue weighted by Crippen LogP contribution is -2.04. The molecule has 0 spiro atoms. The lowest BCUT2D eigenvalue weighted by molar-refractivity contribution is 0.296. The van der Waals surface area contributed by atoms with Gasteiger partial charge in [-0.1, -0.05) is 6.07 Å². The minimum atomic E-state index is -0.576. The van der Waals surface area contributed by atoms with Crippen molar-refractivity contribution in [3.05, 3.63) is 47.5 Å². The molecule has 0 aliphatic heterocycles. The maximum atomic E-state index is 13.4. The van der Waals surface area contributed by atoms with Crippen molar-refractivity contribution in [1.82, 2.24) is 9.78 Å². The second-order valence-corrected chi connectivity index (χ2v) is 4.39. The number of hydrogen-bond donors (Lipinski definition) is 0. The number of ether oxygens (including phenoxy) is 1. The number of halogens is 1. The van der Waals surface area contributed by atoms with Gasteiger partial charge in [-0.15, -0.1) is 0 Å². The van der Waals surface area contributed by atoms with Gasteiger partial charge in [0.15, 0.2) is 0 Å². The highest BCUT2D eigenvalue weighted by Crippen LogP contribution is 2.21. The fourth-order valence-corrected chi connectivity index (χ4v) is 1.63. The molecule has 0 saturated heterocycles. The number of benzene rings is 1. The van der Waals surface area contributed by atoms with Crippen LogP contribution in [-0.4, -0.2) is 9.78 Å². The Morgan fingerprint density at radius 3 is 2.84 bits per heavy atom. The van der Waals surface area contributed by atoms with Crippen LogP contribution in [-0.2, 0) is 6.61 Å². The summed E-state index contributed by atoms with van der Waals surface area (Å²) in [5.41, 5.74) is 0.660. The van der Waals surface area contributed by atoms with Crippen LogP contribution in [0.25, 0.3) is 0 Å². The predicted octanol–water partition coefficient (Wildman–Crippen LogP) is 3.05. The third-order valence-corrected chi connectivity index (χ3v) is 2.66. The molecule has 0 saturated carbocycles. The van der Waals surface area contributed by atoms with Gasteiger partial charge in [0.2, 0.25) is 0 Å². The van der Waals surface area contributed by atoms with E-state index >= 15 is 0 Å². The van der Waals surface area contributed by atoms with Crippen LogP contribution in [0.1, 0.15) is 31.1 Å². The molecule has 2 aromatic rings. The Morgan fingerprint density at radius 2 is 2.21 bits per heavy atom. The molecular weight excluding hydrogens is 245 g/mol. The molecule has 0 amide bonds. The van der Waals surface area contributed by atoms with Crippen LogP contribution in [0.4, 0.5) is 4.39 Å². The highest BCUT2D eigenvalue weighted by atomic mass is 19.1. The van der Waals surface area contributed by atoms with Gasteiger partial charge >= 0.3 is 0 Å². The van der Waals surface area contributed by atoms with E-state index in [1.165, 1.54) is 12.1 Å². The zero-order chi connectivity index (χ0) is 13.8. The number of nitrogens with zero attached hydrogens (tertiary/aromatic N) is 3. The number of hydrogen-bond acceptors (Lipinski definition) is 3. The minimum absolute atomic E-state index is 0.0780. The van der Waals surface area contributed by atoms with Gasteiger partial charge in [-0.3, -0.25) is 4.68 Å². The smallest absolute Gasteiger partial charge is 0.144 e. The first kappa shape index (κ1) is 13.1. The molecule has 19 heavy (non-hydrogen) atoms.